The van der Waals surface area contributed by atoms with Gasteiger partial charge in [0.05, 0.1) is 19.2 Å². The van der Waals surface area contributed by atoms with Gasteiger partial charge in [0.1, 0.15) is 11.4 Å². The van der Waals surface area contributed by atoms with E-state index in [1.165, 1.54) is 26.2 Å². The van der Waals surface area contributed by atoms with Gasteiger partial charge >= 0.3 is 12.1 Å². The molecule has 25 heavy (non-hydrogen) atoms. The Morgan fingerprint density at radius 2 is 1.80 bits per heavy atom. The molecule has 9 heteroatoms. The highest BCUT2D eigenvalue weighted by atomic mass is 19.4. The van der Waals surface area contributed by atoms with Gasteiger partial charge in [0.2, 0.25) is 0 Å². The van der Waals surface area contributed by atoms with Crippen molar-refractivity contribution >= 4 is 23.1 Å². The largest absolute Gasteiger partial charge is 0.495 e. The van der Waals surface area contributed by atoms with Crippen LogP contribution in [0.5, 0.6) is 5.75 Å². The van der Waals surface area contributed by atoms with Gasteiger partial charge < -0.3 is 20.5 Å². The lowest BCUT2D eigenvalue weighted by atomic mass is 9.94. The number of carbonyl (C=O) groups excluding carboxylic acids is 1. The van der Waals surface area contributed by atoms with Gasteiger partial charge in [0, 0.05) is 11.5 Å². The Kier molecular flexibility index (Phi) is 6.66. The predicted octanol–water partition coefficient (Wildman–Crippen LogP) is 3.74. The maximum atomic E-state index is 12.9. The zero-order chi connectivity index (χ0) is 19.4. The van der Waals surface area contributed by atoms with E-state index in [0.29, 0.717) is 0 Å². The maximum absolute atomic E-state index is 12.9. The van der Waals surface area contributed by atoms with E-state index in [1.54, 1.807) is 0 Å². The number of alkyl halides is 3. The molecule has 1 heterocycles. The second-order valence-corrected chi connectivity index (χ2v) is 5.19. The Morgan fingerprint density at radius 1 is 1.24 bits per heavy atom. The van der Waals surface area contributed by atoms with Crippen molar-refractivity contribution in [2.75, 3.05) is 17.7 Å². The van der Waals surface area contributed by atoms with E-state index in [1.807, 2.05) is 13.8 Å². The highest BCUT2D eigenvalue weighted by molar-refractivity contribution is 6.07. The molecule has 140 valence electrons. The lowest BCUT2D eigenvalue weighted by Crippen LogP contribution is -2.38. The minimum Gasteiger partial charge on any atom is -0.495 e. The number of methoxy groups -OCH3 is 1. The molecule has 2 rings (SSSR count). The number of carboxylic acid groups (broad SMARTS) is 1. The molecule has 0 amide bonds. The molecule has 2 unspecified atom stereocenters. The summed E-state index contributed by atoms with van der Waals surface area (Å²) >= 11 is 0. The Hall–Kier alpha value is -2.45. The van der Waals surface area contributed by atoms with Crippen LogP contribution >= 0.6 is 0 Å². The van der Waals surface area contributed by atoms with Crippen molar-refractivity contribution in [2.24, 2.45) is 5.92 Å². The summed E-state index contributed by atoms with van der Waals surface area (Å²) in [5, 5.41) is 13.2. The van der Waals surface area contributed by atoms with Crippen molar-refractivity contribution in [3.63, 3.8) is 0 Å². The zero-order valence-electron chi connectivity index (χ0n) is 14.3. The number of halogens is 3. The van der Waals surface area contributed by atoms with E-state index in [2.05, 4.69) is 10.6 Å². The van der Waals surface area contributed by atoms with Crippen LogP contribution in [0.15, 0.2) is 12.1 Å². The van der Waals surface area contributed by atoms with Gasteiger partial charge in [-0.15, -0.1) is 0 Å². The molecule has 1 aliphatic rings. The second kappa shape index (κ2) is 8.09. The molecular weight excluding hydrogens is 341 g/mol. The van der Waals surface area contributed by atoms with Gasteiger partial charge in [0.25, 0.3) is 0 Å². The second-order valence-electron chi connectivity index (χ2n) is 5.19. The highest BCUT2D eigenvalue weighted by Crippen LogP contribution is 2.44. The number of rotatable bonds is 5. The van der Waals surface area contributed by atoms with Crippen LogP contribution in [0.3, 0.4) is 0 Å². The number of aliphatic carboxylic acids is 1. The average molecular weight is 362 g/mol. The molecule has 0 bridgehead atoms. The fraction of sp³-hybridized carbons (Fsp3) is 0.500. The number of carboxylic acids is 1. The van der Waals surface area contributed by atoms with E-state index in [0.717, 1.165) is 0 Å². The van der Waals surface area contributed by atoms with Gasteiger partial charge in [-0.05, 0) is 12.1 Å². The zero-order valence-corrected chi connectivity index (χ0v) is 14.3. The third-order valence-electron chi connectivity index (χ3n) is 3.49. The van der Waals surface area contributed by atoms with Crippen molar-refractivity contribution in [3.8, 4) is 5.75 Å². The number of nitrogens with one attached hydrogen (secondary N) is 2. The van der Waals surface area contributed by atoms with Crippen molar-refractivity contribution < 1.29 is 32.6 Å². The standard InChI is InChI=1S/C14H15F3N2O4.C2H6/c1-6(5-9(20)21)12(22)7-3-4-8(23-2)11-10(7)18-13(19-11)14(15,16)17;1-2/h3-4,6,13,18-19H,5H2,1-2H3,(H,20,21);1-2H3. The Bertz CT molecular complexity index is 647. The van der Waals surface area contributed by atoms with Crippen LogP contribution in [0.1, 0.15) is 37.6 Å². The lowest BCUT2D eigenvalue weighted by Gasteiger charge is -2.16. The van der Waals surface area contributed by atoms with Crippen LogP contribution in [0.25, 0.3) is 0 Å². The minimum absolute atomic E-state index is 0.00574. The number of fused-ring (bicyclic) bond motifs is 1. The van der Waals surface area contributed by atoms with E-state index in [-0.39, 0.29) is 22.7 Å². The predicted molar refractivity (Wildman–Crippen MR) is 87.2 cm³/mol. The Morgan fingerprint density at radius 3 is 2.28 bits per heavy atom. The smallest absolute Gasteiger partial charge is 0.427 e. The summed E-state index contributed by atoms with van der Waals surface area (Å²) in [6, 6.07) is 2.69. The van der Waals surface area contributed by atoms with Crippen molar-refractivity contribution in [1.29, 1.82) is 0 Å². The molecule has 0 radical (unpaired) electrons. The van der Waals surface area contributed by atoms with Crippen molar-refractivity contribution in [3.05, 3.63) is 17.7 Å². The molecule has 0 saturated heterocycles. The molecular formula is C16H21F3N2O4. The molecule has 0 saturated carbocycles. The molecule has 1 aromatic rings. The number of Topliss-reactive ketones (excluding diaryl/α,β-unsaturated/α-hetero) is 1. The number of hydrogen-bond acceptors (Lipinski definition) is 5. The quantitative estimate of drug-likeness (QED) is 0.692. The lowest BCUT2D eigenvalue weighted by molar-refractivity contribution is -0.137. The summed E-state index contributed by atoms with van der Waals surface area (Å²) in [6.07, 6.45) is -7.03. The van der Waals surface area contributed by atoms with Gasteiger partial charge in [-0.1, -0.05) is 20.8 Å². The third kappa shape index (κ3) is 4.55. The Labute approximate surface area is 143 Å². The summed E-state index contributed by atoms with van der Waals surface area (Å²) in [5.74, 6) is -2.42. The first-order chi connectivity index (χ1) is 11.6. The number of ether oxygens (including phenoxy) is 1. The van der Waals surface area contributed by atoms with E-state index < -0.39 is 36.4 Å². The van der Waals surface area contributed by atoms with Crippen molar-refractivity contribution in [2.45, 2.75) is 39.5 Å². The minimum atomic E-state index is -4.57. The molecule has 0 spiro atoms. The van der Waals surface area contributed by atoms with Gasteiger partial charge in [-0.25, -0.2) is 0 Å². The summed E-state index contributed by atoms with van der Waals surface area (Å²) in [7, 11) is 1.30. The first kappa shape index (κ1) is 20.6. The van der Waals surface area contributed by atoms with Crippen LogP contribution in [0.4, 0.5) is 24.5 Å². The molecule has 0 fully saturated rings. The number of anilines is 2. The van der Waals surface area contributed by atoms with E-state index >= 15 is 0 Å². The third-order valence-corrected chi connectivity index (χ3v) is 3.49. The van der Waals surface area contributed by atoms with Crippen molar-refractivity contribution in [1.82, 2.24) is 0 Å². The van der Waals surface area contributed by atoms with Crippen LogP contribution < -0.4 is 15.4 Å². The van der Waals surface area contributed by atoms with Crippen LogP contribution in [0, 0.1) is 5.92 Å². The molecule has 0 aliphatic carbocycles. The van der Waals surface area contributed by atoms with Gasteiger partial charge in [-0.2, -0.15) is 13.2 Å². The van der Waals surface area contributed by atoms with E-state index in [9.17, 15) is 22.8 Å². The van der Waals surface area contributed by atoms with Crippen LogP contribution in [0.2, 0.25) is 0 Å². The number of ketones is 1. The summed E-state index contributed by atoms with van der Waals surface area (Å²) < 4.78 is 43.7. The van der Waals surface area contributed by atoms with Gasteiger partial charge in [-0.3, -0.25) is 9.59 Å². The first-order valence-electron chi connectivity index (χ1n) is 7.72. The SMILES string of the molecule is CC.COc1ccc(C(=O)C(C)CC(=O)O)c2c1NC(C(F)(F)F)N2. The molecule has 3 N–H and O–H groups in total. The summed E-state index contributed by atoms with van der Waals surface area (Å²) in [6.45, 7) is 5.41. The fourth-order valence-corrected chi connectivity index (χ4v) is 2.36. The highest BCUT2D eigenvalue weighted by Gasteiger charge is 2.45. The molecule has 1 aromatic carbocycles. The molecule has 1 aliphatic heterocycles. The van der Waals surface area contributed by atoms with Crippen LogP contribution in [-0.4, -0.2) is 36.3 Å². The number of carbonyl (C=O) groups is 2. The average Bonchev–Trinajstić information content (AvgIpc) is 3.00. The Balaban J connectivity index is 0.00000151. The van der Waals surface area contributed by atoms with E-state index in [4.69, 9.17) is 9.84 Å². The molecule has 2 atom stereocenters. The molecule has 6 nitrogen and oxygen atoms in total. The normalized spacial score (nSPS) is 16.5. The maximum Gasteiger partial charge on any atom is 0.427 e. The topological polar surface area (TPSA) is 87.7 Å². The monoisotopic (exact) mass is 362 g/mol. The number of hydrogen-bond donors (Lipinski definition) is 3. The summed E-state index contributed by atoms with van der Waals surface area (Å²) in [4.78, 5) is 23.1. The van der Waals surface area contributed by atoms with Gasteiger partial charge in [0.15, 0.2) is 11.9 Å². The fourth-order valence-electron chi connectivity index (χ4n) is 2.36. The summed E-state index contributed by atoms with van der Waals surface area (Å²) in [5.41, 5.74) is -0.00841. The molecule has 0 aromatic heterocycles. The van der Waals surface area contributed by atoms with Crippen LogP contribution in [-0.2, 0) is 4.79 Å². The number of benzene rings is 1. The first-order valence-corrected chi connectivity index (χ1v) is 7.72.